The molecule has 8 heteroatoms. The van der Waals surface area contributed by atoms with Crippen LogP contribution in [0.25, 0.3) is 16.6 Å². The van der Waals surface area contributed by atoms with Crippen LogP contribution in [0, 0.1) is 18.7 Å². The van der Waals surface area contributed by atoms with Crippen molar-refractivity contribution in [2.24, 2.45) is 5.92 Å². The Bertz CT molecular complexity index is 1640. The molecule has 5 rings (SSSR count). The lowest BCUT2D eigenvalue weighted by Crippen LogP contribution is -2.40. The number of nitrogens with zero attached hydrogens (tertiary/aromatic N) is 1. The average Bonchev–Trinajstić information content (AvgIpc) is 3.17. The summed E-state index contributed by atoms with van der Waals surface area (Å²) in [4.78, 5) is 12.5. The number of benzene rings is 3. The Morgan fingerprint density at radius 2 is 1.79 bits per heavy atom. The van der Waals surface area contributed by atoms with Crippen LogP contribution >= 0.6 is 0 Å². The highest BCUT2D eigenvalue weighted by Crippen LogP contribution is 2.49. The van der Waals surface area contributed by atoms with Crippen molar-refractivity contribution in [2.45, 2.75) is 52.1 Å². The first-order chi connectivity index (χ1) is 18.5. The third-order valence-corrected chi connectivity index (χ3v) is 7.99. The lowest BCUT2D eigenvalue weighted by molar-refractivity contribution is -0.126. The topological polar surface area (TPSA) is 77.4 Å². The number of rotatable bonds is 8. The number of ether oxygens (including phenoxy) is 1. The van der Waals surface area contributed by atoms with Crippen molar-refractivity contribution in [3.63, 3.8) is 0 Å². The lowest BCUT2D eigenvalue weighted by atomic mass is 9.69. The minimum absolute atomic E-state index is 0.0763. The third kappa shape index (κ3) is 5.57. The van der Waals surface area contributed by atoms with E-state index < -0.39 is 15.9 Å². The normalized spacial score (nSPS) is 17.3. The highest BCUT2D eigenvalue weighted by atomic mass is 32.2. The molecule has 1 amide bonds. The largest absolute Gasteiger partial charge is 0.489 e. The van der Waals surface area contributed by atoms with Crippen LogP contribution in [0.1, 0.15) is 60.9 Å². The SMILES string of the molecule is Cc1cc(-n2c(C(C)C)c(C3CC(C(=O)NS(C)(=O)=O)C3)c3cc(OCc4ccccc4)ccc32)ccc1F. The molecule has 4 aromatic rings. The Labute approximate surface area is 228 Å². The van der Waals surface area contributed by atoms with Gasteiger partial charge in [-0.05, 0) is 84.7 Å². The fourth-order valence-electron chi connectivity index (χ4n) is 5.52. The Morgan fingerprint density at radius 3 is 2.44 bits per heavy atom. The van der Waals surface area contributed by atoms with Crippen LogP contribution in [0.3, 0.4) is 0 Å². The molecule has 0 saturated heterocycles. The predicted octanol–water partition coefficient (Wildman–Crippen LogP) is 6.35. The van der Waals surface area contributed by atoms with Gasteiger partial charge in [-0.1, -0.05) is 44.2 Å². The second kappa shape index (κ2) is 10.5. The van der Waals surface area contributed by atoms with E-state index >= 15 is 0 Å². The van der Waals surface area contributed by atoms with Crippen LogP contribution in [0.5, 0.6) is 5.75 Å². The Hall–Kier alpha value is -3.65. The van der Waals surface area contributed by atoms with Crippen molar-refractivity contribution in [3.05, 3.63) is 94.9 Å². The first-order valence-electron chi connectivity index (χ1n) is 13.1. The number of halogens is 1. The highest BCUT2D eigenvalue weighted by Gasteiger charge is 2.40. The number of nitrogens with one attached hydrogen (secondary N) is 1. The molecule has 1 N–H and O–H groups in total. The molecule has 1 heterocycles. The maximum atomic E-state index is 14.2. The molecular formula is C31H33FN2O4S. The summed E-state index contributed by atoms with van der Waals surface area (Å²) in [6.07, 6.45) is 2.10. The quantitative estimate of drug-likeness (QED) is 0.278. The van der Waals surface area contributed by atoms with Gasteiger partial charge in [-0.15, -0.1) is 0 Å². The number of hydrogen-bond acceptors (Lipinski definition) is 4. The molecule has 1 aromatic heterocycles. The number of hydrogen-bond donors (Lipinski definition) is 1. The molecule has 204 valence electrons. The van der Waals surface area contributed by atoms with Gasteiger partial charge in [0, 0.05) is 22.7 Å². The van der Waals surface area contributed by atoms with E-state index in [0.717, 1.165) is 45.4 Å². The molecule has 39 heavy (non-hydrogen) atoms. The fraction of sp³-hybridized carbons (Fsp3) is 0.323. The summed E-state index contributed by atoms with van der Waals surface area (Å²) in [7, 11) is -3.61. The summed E-state index contributed by atoms with van der Waals surface area (Å²) in [6.45, 7) is 6.45. The van der Waals surface area contributed by atoms with E-state index in [1.807, 2.05) is 48.5 Å². The first kappa shape index (κ1) is 26.9. The van der Waals surface area contributed by atoms with Gasteiger partial charge in [-0.25, -0.2) is 12.8 Å². The van der Waals surface area contributed by atoms with Gasteiger partial charge in [0.25, 0.3) is 0 Å². The van der Waals surface area contributed by atoms with Gasteiger partial charge in [0.15, 0.2) is 0 Å². The van der Waals surface area contributed by atoms with E-state index in [2.05, 4.69) is 29.2 Å². The van der Waals surface area contributed by atoms with E-state index in [0.29, 0.717) is 25.0 Å². The van der Waals surface area contributed by atoms with Crippen LogP contribution in [-0.2, 0) is 21.4 Å². The van der Waals surface area contributed by atoms with Gasteiger partial charge in [0.1, 0.15) is 18.2 Å². The summed E-state index contributed by atoms with van der Waals surface area (Å²) in [5.74, 6) is -0.126. The summed E-state index contributed by atoms with van der Waals surface area (Å²) in [6, 6.07) is 21.1. The molecule has 0 unspecified atom stereocenters. The van der Waals surface area contributed by atoms with Gasteiger partial charge in [-0.3, -0.25) is 9.52 Å². The molecule has 0 aliphatic heterocycles. The second-order valence-electron chi connectivity index (χ2n) is 10.8. The van der Waals surface area contributed by atoms with Gasteiger partial charge in [0.2, 0.25) is 15.9 Å². The number of carbonyl (C=O) groups excluding carboxylic acids is 1. The van der Waals surface area contributed by atoms with Gasteiger partial charge in [-0.2, -0.15) is 0 Å². The van der Waals surface area contributed by atoms with Crippen LogP contribution in [0.4, 0.5) is 4.39 Å². The number of fused-ring (bicyclic) bond motifs is 1. The van der Waals surface area contributed by atoms with Crippen LogP contribution < -0.4 is 9.46 Å². The number of sulfonamides is 1. The van der Waals surface area contributed by atoms with E-state index in [1.54, 1.807) is 13.0 Å². The molecule has 0 radical (unpaired) electrons. The lowest BCUT2D eigenvalue weighted by Gasteiger charge is -2.35. The van der Waals surface area contributed by atoms with Gasteiger partial charge >= 0.3 is 0 Å². The van der Waals surface area contributed by atoms with E-state index in [-0.39, 0.29) is 23.6 Å². The molecule has 0 atom stereocenters. The summed E-state index contributed by atoms with van der Waals surface area (Å²) >= 11 is 0. The first-order valence-corrected chi connectivity index (χ1v) is 15.0. The zero-order valence-electron chi connectivity index (χ0n) is 22.6. The number of carbonyl (C=O) groups is 1. The molecule has 1 fully saturated rings. The maximum absolute atomic E-state index is 14.2. The number of aryl methyl sites for hydroxylation is 1. The van der Waals surface area contributed by atoms with E-state index in [4.69, 9.17) is 4.74 Å². The Kier molecular flexibility index (Phi) is 7.25. The van der Waals surface area contributed by atoms with Crippen LogP contribution in [-0.4, -0.2) is 25.1 Å². The van der Waals surface area contributed by atoms with E-state index in [1.165, 1.54) is 6.07 Å². The predicted molar refractivity (Wildman–Crippen MR) is 151 cm³/mol. The monoisotopic (exact) mass is 548 g/mol. The zero-order valence-corrected chi connectivity index (χ0v) is 23.4. The summed E-state index contributed by atoms with van der Waals surface area (Å²) in [5, 5.41) is 1.03. The molecule has 6 nitrogen and oxygen atoms in total. The van der Waals surface area contributed by atoms with Crippen molar-refractivity contribution in [2.75, 3.05) is 6.26 Å². The highest BCUT2D eigenvalue weighted by molar-refractivity contribution is 7.89. The van der Waals surface area contributed by atoms with Crippen molar-refractivity contribution in [1.29, 1.82) is 0 Å². The molecule has 3 aromatic carbocycles. The third-order valence-electron chi connectivity index (χ3n) is 7.41. The van der Waals surface area contributed by atoms with Gasteiger partial charge < -0.3 is 9.30 Å². The molecule has 0 spiro atoms. The fourth-order valence-corrected chi connectivity index (χ4v) is 6.05. The zero-order chi connectivity index (χ0) is 27.9. The van der Waals surface area contributed by atoms with E-state index in [9.17, 15) is 17.6 Å². The molecule has 1 saturated carbocycles. The Balaban J connectivity index is 1.59. The number of aromatic nitrogens is 1. The van der Waals surface area contributed by atoms with Crippen molar-refractivity contribution in [1.82, 2.24) is 9.29 Å². The molecule has 0 bridgehead atoms. The molecule has 1 aliphatic rings. The smallest absolute Gasteiger partial charge is 0.236 e. The van der Waals surface area contributed by atoms with Crippen LogP contribution in [0.15, 0.2) is 66.7 Å². The number of amides is 1. The minimum atomic E-state index is -3.61. The second-order valence-corrected chi connectivity index (χ2v) is 12.5. The standard InChI is InChI=1S/C31H33FN2O4S/c1-19(2)30-29(22-15-23(16-22)31(35)33-39(4,36)37)26-17-25(38-18-21-8-6-5-7-9-21)11-13-28(26)34(30)24-10-12-27(32)20(3)14-24/h5-14,17,19,22-23H,15-16,18H2,1-4H3,(H,33,35). The van der Waals surface area contributed by atoms with Crippen molar-refractivity contribution in [3.8, 4) is 11.4 Å². The summed E-state index contributed by atoms with van der Waals surface area (Å²) < 4.78 is 47.9. The minimum Gasteiger partial charge on any atom is -0.489 e. The van der Waals surface area contributed by atoms with Crippen molar-refractivity contribution >= 4 is 26.8 Å². The Morgan fingerprint density at radius 1 is 1.08 bits per heavy atom. The van der Waals surface area contributed by atoms with Crippen LogP contribution in [0.2, 0.25) is 0 Å². The summed E-state index contributed by atoms with van der Waals surface area (Å²) in [5.41, 5.74) is 5.72. The average molecular weight is 549 g/mol. The maximum Gasteiger partial charge on any atom is 0.236 e. The molecule has 1 aliphatic carbocycles. The van der Waals surface area contributed by atoms with Crippen molar-refractivity contribution < 1.29 is 22.3 Å². The molecular weight excluding hydrogens is 515 g/mol. The van der Waals surface area contributed by atoms with Gasteiger partial charge in [0.05, 0.1) is 11.8 Å².